The average Bonchev–Trinajstić information content (AvgIpc) is 2.65. The van der Waals surface area contributed by atoms with Crippen molar-refractivity contribution in [2.45, 2.75) is 0 Å². The van der Waals surface area contributed by atoms with Crippen molar-refractivity contribution in [3.63, 3.8) is 0 Å². The highest BCUT2D eigenvalue weighted by atomic mass is 79.9. The molecule has 5 heteroatoms. The second-order valence-corrected chi connectivity index (χ2v) is 5.28. The molecule has 2 nitrogen and oxygen atoms in total. The molecule has 82 valence electrons. The molecule has 1 N–H and O–H groups in total. The average molecular weight is 318 g/mol. The molecule has 0 aliphatic rings. The molecule has 0 unspecified atom stereocenters. The van der Waals surface area contributed by atoms with Crippen molar-refractivity contribution in [2.24, 2.45) is 0 Å². The third-order valence-electron chi connectivity index (χ3n) is 2.08. The topological polar surface area (TPSA) is 37.3 Å². The van der Waals surface area contributed by atoms with Gasteiger partial charge >= 0.3 is 5.97 Å². The largest absolute Gasteiger partial charge is 0.478 e. The van der Waals surface area contributed by atoms with Crippen LogP contribution in [0, 0.1) is 0 Å². The highest BCUT2D eigenvalue weighted by molar-refractivity contribution is 9.10. The van der Waals surface area contributed by atoms with Crippen LogP contribution in [0.5, 0.6) is 0 Å². The van der Waals surface area contributed by atoms with Gasteiger partial charge < -0.3 is 5.11 Å². The van der Waals surface area contributed by atoms with E-state index < -0.39 is 5.97 Å². The van der Waals surface area contributed by atoms with E-state index in [0.29, 0.717) is 9.50 Å². The van der Waals surface area contributed by atoms with E-state index in [4.69, 9.17) is 16.7 Å². The maximum atomic E-state index is 11.0. The zero-order valence-corrected chi connectivity index (χ0v) is 11.1. The maximum Gasteiger partial charge on any atom is 0.336 e. The van der Waals surface area contributed by atoms with Crippen molar-refractivity contribution in [3.8, 4) is 10.4 Å². The van der Waals surface area contributed by atoms with Gasteiger partial charge in [-0.15, -0.1) is 11.3 Å². The molecule has 16 heavy (non-hydrogen) atoms. The molecule has 0 aliphatic heterocycles. The molecule has 1 aromatic carbocycles. The second kappa shape index (κ2) is 4.57. The first-order valence-electron chi connectivity index (χ1n) is 4.36. The fourth-order valence-corrected chi connectivity index (χ4v) is 2.91. The minimum Gasteiger partial charge on any atom is -0.478 e. The van der Waals surface area contributed by atoms with Gasteiger partial charge in [0.15, 0.2) is 0 Å². The summed E-state index contributed by atoms with van der Waals surface area (Å²) in [6.45, 7) is 0. The van der Waals surface area contributed by atoms with Crippen molar-refractivity contribution in [1.29, 1.82) is 0 Å². The third kappa shape index (κ3) is 2.14. The monoisotopic (exact) mass is 316 g/mol. The summed E-state index contributed by atoms with van der Waals surface area (Å²) in [5, 5.41) is 11.5. The SMILES string of the molecule is O=C(O)c1cc(-c2sccc2Cl)ccc1Br. The minimum absolute atomic E-state index is 0.238. The zero-order chi connectivity index (χ0) is 11.7. The Bertz CT molecular complexity index is 551. The van der Waals surface area contributed by atoms with Gasteiger partial charge in [0, 0.05) is 4.47 Å². The molecule has 0 fully saturated rings. The Morgan fingerprint density at radius 2 is 2.12 bits per heavy atom. The third-order valence-corrected chi connectivity index (χ3v) is 4.16. The lowest BCUT2D eigenvalue weighted by Crippen LogP contribution is -1.97. The highest BCUT2D eigenvalue weighted by Crippen LogP contribution is 2.34. The van der Waals surface area contributed by atoms with Crippen LogP contribution in [-0.2, 0) is 0 Å². The van der Waals surface area contributed by atoms with E-state index in [1.165, 1.54) is 11.3 Å². The highest BCUT2D eigenvalue weighted by Gasteiger charge is 2.12. The molecular formula is C11H6BrClO2S. The zero-order valence-electron chi connectivity index (χ0n) is 7.91. The Kier molecular flexibility index (Phi) is 3.33. The summed E-state index contributed by atoms with van der Waals surface area (Å²) < 4.78 is 0.566. The van der Waals surface area contributed by atoms with Crippen LogP contribution in [0.15, 0.2) is 34.1 Å². The molecule has 0 radical (unpaired) electrons. The van der Waals surface area contributed by atoms with Gasteiger partial charge in [0.25, 0.3) is 0 Å². The predicted octanol–water partition coefficient (Wildman–Crippen LogP) is 4.53. The summed E-state index contributed by atoms with van der Waals surface area (Å²) in [5.41, 5.74) is 1.06. The Hall–Kier alpha value is -0.840. The van der Waals surface area contributed by atoms with E-state index in [0.717, 1.165) is 10.4 Å². The lowest BCUT2D eigenvalue weighted by atomic mass is 10.1. The molecule has 0 saturated heterocycles. The molecule has 1 heterocycles. The molecule has 2 rings (SSSR count). The minimum atomic E-state index is -0.957. The molecule has 2 aromatic rings. The van der Waals surface area contributed by atoms with Gasteiger partial charge in [-0.25, -0.2) is 4.79 Å². The van der Waals surface area contributed by atoms with Gasteiger partial charge in [-0.3, -0.25) is 0 Å². The van der Waals surface area contributed by atoms with Crippen molar-refractivity contribution < 1.29 is 9.90 Å². The van der Waals surface area contributed by atoms with E-state index >= 15 is 0 Å². The molecule has 1 aromatic heterocycles. The summed E-state index contributed by atoms with van der Waals surface area (Å²) in [4.78, 5) is 11.9. The van der Waals surface area contributed by atoms with Crippen LogP contribution in [-0.4, -0.2) is 11.1 Å². The fraction of sp³-hybridized carbons (Fsp3) is 0. The van der Waals surface area contributed by atoms with Crippen LogP contribution in [0.2, 0.25) is 5.02 Å². The van der Waals surface area contributed by atoms with Crippen LogP contribution in [0.4, 0.5) is 0 Å². The molecule has 0 amide bonds. The van der Waals surface area contributed by atoms with Gasteiger partial charge in [-0.05, 0) is 45.1 Å². The van der Waals surface area contributed by atoms with Crippen molar-refractivity contribution >= 4 is 44.8 Å². The summed E-state index contributed by atoms with van der Waals surface area (Å²) in [5.74, 6) is -0.957. The smallest absolute Gasteiger partial charge is 0.336 e. The van der Waals surface area contributed by atoms with Crippen molar-refractivity contribution in [3.05, 3.63) is 44.7 Å². The first-order valence-corrected chi connectivity index (χ1v) is 6.41. The van der Waals surface area contributed by atoms with E-state index in [-0.39, 0.29) is 5.56 Å². The standard InChI is InChI=1S/C11H6BrClO2S/c12-8-2-1-6(5-7(8)11(14)15)10-9(13)3-4-16-10/h1-5H,(H,14,15). The quantitative estimate of drug-likeness (QED) is 0.883. The maximum absolute atomic E-state index is 11.0. The first-order chi connectivity index (χ1) is 7.59. The number of hydrogen-bond acceptors (Lipinski definition) is 2. The molecule has 0 saturated carbocycles. The lowest BCUT2D eigenvalue weighted by molar-refractivity contribution is 0.0696. The van der Waals surface area contributed by atoms with Crippen molar-refractivity contribution in [2.75, 3.05) is 0 Å². The van der Waals surface area contributed by atoms with E-state index in [9.17, 15) is 4.79 Å². The van der Waals surface area contributed by atoms with Crippen LogP contribution >= 0.6 is 38.9 Å². The molecule has 0 bridgehead atoms. The molecule has 0 spiro atoms. The Morgan fingerprint density at radius 1 is 1.38 bits per heavy atom. The Balaban J connectivity index is 2.56. The summed E-state index contributed by atoms with van der Waals surface area (Å²) in [6.07, 6.45) is 0. The summed E-state index contributed by atoms with van der Waals surface area (Å²) in [7, 11) is 0. The van der Waals surface area contributed by atoms with Gasteiger partial charge in [0.05, 0.1) is 15.5 Å². The fourth-order valence-electron chi connectivity index (χ4n) is 1.33. The number of benzene rings is 1. The van der Waals surface area contributed by atoms with Gasteiger partial charge in [-0.2, -0.15) is 0 Å². The number of thiophene rings is 1. The number of hydrogen-bond donors (Lipinski definition) is 1. The Morgan fingerprint density at radius 3 is 2.69 bits per heavy atom. The van der Waals surface area contributed by atoms with E-state index in [1.54, 1.807) is 18.2 Å². The normalized spacial score (nSPS) is 10.4. The van der Waals surface area contributed by atoms with E-state index in [2.05, 4.69) is 15.9 Å². The summed E-state index contributed by atoms with van der Waals surface area (Å²) in [6, 6.07) is 6.97. The number of carbonyl (C=O) groups is 1. The summed E-state index contributed by atoms with van der Waals surface area (Å²) >= 11 is 10.7. The predicted molar refractivity (Wildman–Crippen MR) is 69.4 cm³/mol. The van der Waals surface area contributed by atoms with Crippen LogP contribution in [0.3, 0.4) is 0 Å². The van der Waals surface area contributed by atoms with Crippen LogP contribution in [0.25, 0.3) is 10.4 Å². The van der Waals surface area contributed by atoms with Gasteiger partial charge in [-0.1, -0.05) is 17.7 Å². The molecular weight excluding hydrogens is 312 g/mol. The van der Waals surface area contributed by atoms with Gasteiger partial charge in [0.1, 0.15) is 0 Å². The van der Waals surface area contributed by atoms with Gasteiger partial charge in [0.2, 0.25) is 0 Å². The Labute approximate surface area is 110 Å². The first kappa shape index (κ1) is 11.6. The number of halogens is 2. The number of carboxylic acids is 1. The number of carboxylic acid groups (broad SMARTS) is 1. The molecule has 0 atom stereocenters. The number of aromatic carboxylic acids is 1. The number of rotatable bonds is 2. The van der Waals surface area contributed by atoms with Crippen LogP contribution in [0.1, 0.15) is 10.4 Å². The second-order valence-electron chi connectivity index (χ2n) is 3.10. The van der Waals surface area contributed by atoms with E-state index in [1.807, 2.05) is 11.4 Å². The van der Waals surface area contributed by atoms with Crippen molar-refractivity contribution in [1.82, 2.24) is 0 Å². The molecule has 0 aliphatic carbocycles. The lowest BCUT2D eigenvalue weighted by Gasteiger charge is -2.03. The van der Waals surface area contributed by atoms with Crippen LogP contribution < -0.4 is 0 Å².